The molecule has 8 heteroatoms. The SMILES string of the molecule is CCOc1ccc(/C(O)=C2\C(=O)C(=O)N(CCOCCO)[C@@H]2c2cccnc2)cc1. The first-order chi connectivity index (χ1) is 14.6. The smallest absolute Gasteiger partial charge is 0.295 e. The Labute approximate surface area is 174 Å². The second-order valence-corrected chi connectivity index (χ2v) is 6.57. The van der Waals surface area contributed by atoms with E-state index >= 15 is 0 Å². The summed E-state index contributed by atoms with van der Waals surface area (Å²) < 4.78 is 10.7. The maximum atomic E-state index is 12.8. The van der Waals surface area contributed by atoms with Crippen molar-refractivity contribution in [1.29, 1.82) is 0 Å². The molecule has 1 atom stereocenters. The molecule has 1 aliphatic rings. The highest BCUT2D eigenvalue weighted by Gasteiger charge is 2.45. The lowest BCUT2D eigenvalue weighted by molar-refractivity contribution is -0.140. The largest absolute Gasteiger partial charge is 0.507 e. The molecule has 0 aliphatic carbocycles. The third-order valence-electron chi connectivity index (χ3n) is 4.69. The van der Waals surface area contributed by atoms with Gasteiger partial charge in [0.15, 0.2) is 0 Å². The average Bonchev–Trinajstić information content (AvgIpc) is 3.02. The van der Waals surface area contributed by atoms with Gasteiger partial charge in [0.05, 0.1) is 38.0 Å². The number of nitrogens with zero attached hydrogens (tertiary/aromatic N) is 2. The van der Waals surface area contributed by atoms with Crippen LogP contribution in [0.1, 0.15) is 24.1 Å². The number of benzene rings is 1. The molecular formula is C22H24N2O6. The number of aromatic nitrogens is 1. The molecule has 1 saturated heterocycles. The van der Waals surface area contributed by atoms with Crippen molar-refractivity contribution >= 4 is 17.4 Å². The van der Waals surface area contributed by atoms with E-state index in [-0.39, 0.29) is 37.7 Å². The van der Waals surface area contributed by atoms with Crippen molar-refractivity contribution in [2.45, 2.75) is 13.0 Å². The number of hydrogen-bond acceptors (Lipinski definition) is 7. The van der Waals surface area contributed by atoms with E-state index in [0.29, 0.717) is 23.5 Å². The minimum atomic E-state index is -0.789. The van der Waals surface area contributed by atoms with Crippen LogP contribution in [0.2, 0.25) is 0 Å². The number of aliphatic hydroxyl groups excluding tert-OH is 2. The fourth-order valence-corrected chi connectivity index (χ4v) is 3.36. The van der Waals surface area contributed by atoms with Crippen LogP contribution in [-0.4, -0.2) is 64.8 Å². The van der Waals surface area contributed by atoms with Crippen LogP contribution < -0.4 is 4.74 Å². The lowest BCUT2D eigenvalue weighted by Crippen LogP contribution is -2.33. The summed E-state index contributed by atoms with van der Waals surface area (Å²) in [5, 5.41) is 19.8. The number of Topliss-reactive ketones (excluding diaryl/α,β-unsaturated/α-hetero) is 1. The van der Waals surface area contributed by atoms with Crippen molar-refractivity contribution in [3.8, 4) is 5.75 Å². The molecule has 2 heterocycles. The predicted octanol–water partition coefficient (Wildman–Crippen LogP) is 1.91. The van der Waals surface area contributed by atoms with Gasteiger partial charge in [-0.15, -0.1) is 0 Å². The van der Waals surface area contributed by atoms with Gasteiger partial charge in [0.25, 0.3) is 11.7 Å². The van der Waals surface area contributed by atoms with Gasteiger partial charge in [-0.2, -0.15) is 0 Å². The molecular weight excluding hydrogens is 388 g/mol. The number of rotatable bonds is 9. The standard InChI is InChI=1S/C22H24N2O6/c1-2-30-17-7-5-15(6-8-17)20(26)18-19(16-4-3-9-23-14-16)24(22(28)21(18)27)10-12-29-13-11-25/h3-9,14,19,25-26H,2,10-13H2,1H3/b20-18+/t19-/m1/s1. The van der Waals surface area contributed by atoms with Crippen LogP contribution in [0.3, 0.4) is 0 Å². The zero-order valence-corrected chi connectivity index (χ0v) is 16.7. The zero-order valence-electron chi connectivity index (χ0n) is 16.7. The highest BCUT2D eigenvalue weighted by Crippen LogP contribution is 2.39. The van der Waals surface area contributed by atoms with Crippen LogP contribution in [0.25, 0.3) is 5.76 Å². The number of hydrogen-bond donors (Lipinski definition) is 2. The number of ketones is 1. The molecule has 1 aliphatic heterocycles. The Bertz CT molecular complexity index is 911. The number of likely N-dealkylation sites (tertiary alicyclic amines) is 1. The summed E-state index contributed by atoms with van der Waals surface area (Å²) in [4.78, 5) is 31.0. The summed E-state index contributed by atoms with van der Waals surface area (Å²) in [6, 6.07) is 9.32. The van der Waals surface area contributed by atoms with Crippen LogP contribution in [0, 0.1) is 0 Å². The van der Waals surface area contributed by atoms with Gasteiger partial charge in [0, 0.05) is 24.5 Å². The van der Waals surface area contributed by atoms with Crippen LogP contribution >= 0.6 is 0 Å². The van der Waals surface area contributed by atoms with Gasteiger partial charge in [-0.3, -0.25) is 14.6 Å². The van der Waals surface area contributed by atoms with Gasteiger partial charge in [-0.1, -0.05) is 6.07 Å². The first-order valence-electron chi connectivity index (χ1n) is 9.68. The molecule has 30 heavy (non-hydrogen) atoms. The van der Waals surface area contributed by atoms with Crippen molar-refractivity contribution in [3.63, 3.8) is 0 Å². The van der Waals surface area contributed by atoms with E-state index in [1.54, 1.807) is 48.8 Å². The van der Waals surface area contributed by atoms with Gasteiger partial charge in [-0.25, -0.2) is 0 Å². The van der Waals surface area contributed by atoms with Gasteiger partial charge in [-0.05, 0) is 42.8 Å². The molecule has 0 bridgehead atoms. The van der Waals surface area contributed by atoms with Crippen molar-refractivity contribution in [1.82, 2.24) is 9.88 Å². The number of carbonyl (C=O) groups is 2. The summed E-state index contributed by atoms with van der Waals surface area (Å²) in [6.07, 6.45) is 3.15. The summed E-state index contributed by atoms with van der Waals surface area (Å²) >= 11 is 0. The molecule has 2 N–H and O–H groups in total. The second-order valence-electron chi connectivity index (χ2n) is 6.57. The monoisotopic (exact) mass is 412 g/mol. The van der Waals surface area contributed by atoms with Gasteiger partial charge in [0.1, 0.15) is 11.5 Å². The van der Waals surface area contributed by atoms with E-state index in [9.17, 15) is 14.7 Å². The highest BCUT2D eigenvalue weighted by atomic mass is 16.5. The van der Waals surface area contributed by atoms with Crippen molar-refractivity contribution in [3.05, 3.63) is 65.5 Å². The molecule has 158 valence electrons. The highest BCUT2D eigenvalue weighted by molar-refractivity contribution is 6.46. The van der Waals surface area contributed by atoms with Crippen molar-refractivity contribution in [2.24, 2.45) is 0 Å². The van der Waals surface area contributed by atoms with E-state index in [1.807, 2.05) is 6.92 Å². The molecule has 8 nitrogen and oxygen atoms in total. The molecule has 0 radical (unpaired) electrons. The Morgan fingerprint density at radius 2 is 1.93 bits per heavy atom. The third kappa shape index (κ3) is 4.50. The number of pyridine rings is 1. The molecule has 1 fully saturated rings. The maximum Gasteiger partial charge on any atom is 0.295 e. The van der Waals surface area contributed by atoms with E-state index in [2.05, 4.69) is 4.98 Å². The van der Waals surface area contributed by atoms with E-state index in [4.69, 9.17) is 14.6 Å². The quantitative estimate of drug-likeness (QED) is 0.280. The number of carbonyl (C=O) groups excluding carboxylic acids is 2. The molecule has 3 rings (SSSR count). The van der Waals surface area contributed by atoms with Gasteiger partial charge in [0.2, 0.25) is 0 Å². The molecule has 0 unspecified atom stereocenters. The van der Waals surface area contributed by atoms with E-state index in [1.165, 1.54) is 4.90 Å². The van der Waals surface area contributed by atoms with Gasteiger partial charge < -0.3 is 24.6 Å². The number of amides is 1. The van der Waals surface area contributed by atoms with Crippen LogP contribution in [-0.2, 0) is 14.3 Å². The molecule has 1 aromatic carbocycles. The summed E-state index contributed by atoms with van der Waals surface area (Å²) in [5.74, 6) is -1.11. The molecule has 0 spiro atoms. The zero-order chi connectivity index (χ0) is 21.5. The lowest BCUT2D eigenvalue weighted by atomic mass is 9.96. The minimum absolute atomic E-state index is 0.000631. The summed E-state index contributed by atoms with van der Waals surface area (Å²) in [7, 11) is 0. The van der Waals surface area contributed by atoms with E-state index in [0.717, 1.165) is 0 Å². The van der Waals surface area contributed by atoms with Crippen LogP contribution in [0.4, 0.5) is 0 Å². The Hall–Kier alpha value is -3.23. The molecule has 2 aromatic rings. The normalized spacial score (nSPS) is 18.1. The fraction of sp³-hybridized carbons (Fsp3) is 0.318. The predicted molar refractivity (Wildman–Crippen MR) is 109 cm³/mol. The number of aliphatic hydroxyl groups is 2. The summed E-state index contributed by atoms with van der Waals surface area (Å²) in [5.41, 5.74) is 1.01. The topological polar surface area (TPSA) is 109 Å². The molecule has 1 aromatic heterocycles. The Morgan fingerprint density at radius 1 is 1.17 bits per heavy atom. The lowest BCUT2D eigenvalue weighted by Gasteiger charge is -2.25. The average molecular weight is 412 g/mol. The Morgan fingerprint density at radius 3 is 2.57 bits per heavy atom. The third-order valence-corrected chi connectivity index (χ3v) is 4.69. The first kappa shape index (κ1) is 21.5. The van der Waals surface area contributed by atoms with E-state index < -0.39 is 17.7 Å². The Balaban J connectivity index is 2.00. The number of ether oxygens (including phenoxy) is 2. The van der Waals surface area contributed by atoms with Crippen molar-refractivity contribution in [2.75, 3.05) is 33.0 Å². The fourth-order valence-electron chi connectivity index (χ4n) is 3.36. The van der Waals surface area contributed by atoms with Crippen molar-refractivity contribution < 1.29 is 29.3 Å². The van der Waals surface area contributed by atoms with Gasteiger partial charge >= 0.3 is 0 Å². The summed E-state index contributed by atoms with van der Waals surface area (Å²) in [6.45, 7) is 2.65. The molecule has 0 saturated carbocycles. The van der Waals surface area contributed by atoms with Crippen LogP contribution in [0.15, 0.2) is 54.4 Å². The second kappa shape index (κ2) is 10.00. The minimum Gasteiger partial charge on any atom is -0.507 e. The first-order valence-corrected chi connectivity index (χ1v) is 9.68. The molecule has 1 amide bonds. The Kier molecular flexibility index (Phi) is 7.16. The van der Waals surface area contributed by atoms with Crippen LogP contribution in [0.5, 0.6) is 5.75 Å². The maximum absolute atomic E-state index is 12.8.